The predicted molar refractivity (Wildman–Crippen MR) is 193 cm³/mol. The van der Waals surface area contributed by atoms with Gasteiger partial charge in [-0.15, -0.1) is 0 Å². The van der Waals surface area contributed by atoms with E-state index >= 15 is 0 Å². The van der Waals surface area contributed by atoms with Crippen molar-refractivity contribution >= 4 is 27.6 Å². The molecular weight excluding hydrogens is 540 g/mol. The molecule has 9 rings (SSSR count). The number of aryl methyl sites for hydroxylation is 1. The highest BCUT2D eigenvalue weighted by Crippen LogP contribution is 2.55. The Kier molecular flexibility index (Phi) is 6.10. The zero-order valence-electron chi connectivity index (χ0n) is 25.6. The molecule has 0 heterocycles. The Morgan fingerprint density at radius 1 is 0.533 bits per heavy atom. The summed E-state index contributed by atoms with van der Waals surface area (Å²) in [6.07, 6.45) is 7.88. The van der Waals surface area contributed by atoms with Crippen LogP contribution in [0.15, 0.2) is 140 Å². The summed E-state index contributed by atoms with van der Waals surface area (Å²) in [7, 11) is 0. The average molecular weight is 575 g/mol. The van der Waals surface area contributed by atoms with Gasteiger partial charge in [-0.3, -0.25) is 0 Å². The number of allylic oxidation sites excluding steroid dienone is 1. The third kappa shape index (κ3) is 3.99. The standard InChI is InChI=1S/C45H34/c1-2-33-35-18-8-9-19-36(35)45-34(32-25-24-29-14-6-7-17-31(29)28-32)26-27-41(44(33)45)43-39-22-12-10-20-37(39)42(30-15-4-3-5-16-30)38-21-11-13-23-40(38)43/h3-6,8-16,18-28,33H,2,7,17H2,1H3. The van der Waals surface area contributed by atoms with Gasteiger partial charge in [-0.1, -0.05) is 153 Å². The van der Waals surface area contributed by atoms with Crippen LogP contribution in [0.5, 0.6) is 0 Å². The molecule has 0 aliphatic heterocycles. The Bertz CT molecular complexity index is 2240. The van der Waals surface area contributed by atoms with Crippen LogP contribution in [0.2, 0.25) is 0 Å². The van der Waals surface area contributed by atoms with E-state index in [1.54, 1.807) is 0 Å². The highest BCUT2D eigenvalue weighted by atomic mass is 14.4. The highest BCUT2D eigenvalue weighted by Gasteiger charge is 2.33. The van der Waals surface area contributed by atoms with Crippen LogP contribution >= 0.6 is 0 Å². The molecular formula is C45H34. The highest BCUT2D eigenvalue weighted by molar-refractivity contribution is 6.22. The fourth-order valence-corrected chi connectivity index (χ4v) is 8.27. The molecule has 2 aliphatic carbocycles. The summed E-state index contributed by atoms with van der Waals surface area (Å²) in [5, 5.41) is 5.25. The van der Waals surface area contributed by atoms with Gasteiger partial charge in [0.2, 0.25) is 0 Å². The molecule has 0 spiro atoms. The lowest BCUT2D eigenvalue weighted by Gasteiger charge is -2.23. The van der Waals surface area contributed by atoms with E-state index in [9.17, 15) is 0 Å². The summed E-state index contributed by atoms with van der Waals surface area (Å²) in [4.78, 5) is 0. The minimum atomic E-state index is 0.345. The van der Waals surface area contributed by atoms with Gasteiger partial charge >= 0.3 is 0 Å². The Morgan fingerprint density at radius 2 is 1.18 bits per heavy atom. The molecule has 1 atom stereocenters. The lowest BCUT2D eigenvalue weighted by Crippen LogP contribution is -2.00. The van der Waals surface area contributed by atoms with E-state index in [1.165, 1.54) is 88.3 Å². The van der Waals surface area contributed by atoms with Crippen molar-refractivity contribution in [2.75, 3.05) is 0 Å². The molecule has 0 aromatic heterocycles. The van der Waals surface area contributed by atoms with Crippen LogP contribution in [0.4, 0.5) is 0 Å². The van der Waals surface area contributed by atoms with Crippen LogP contribution in [0, 0.1) is 0 Å². The second-order valence-corrected chi connectivity index (χ2v) is 12.6. The molecule has 0 saturated heterocycles. The van der Waals surface area contributed by atoms with Crippen LogP contribution in [-0.2, 0) is 6.42 Å². The molecule has 0 nitrogen and oxygen atoms in total. The summed E-state index contributed by atoms with van der Waals surface area (Å²) < 4.78 is 0. The number of benzene rings is 7. The first-order chi connectivity index (χ1) is 22.3. The van der Waals surface area contributed by atoms with Gasteiger partial charge in [0.15, 0.2) is 0 Å². The van der Waals surface area contributed by atoms with Gasteiger partial charge in [0.05, 0.1) is 0 Å². The maximum absolute atomic E-state index is 2.45. The maximum Gasteiger partial charge on any atom is 0.0105 e. The lowest BCUT2D eigenvalue weighted by atomic mass is 9.80. The van der Waals surface area contributed by atoms with Crippen molar-refractivity contribution in [3.63, 3.8) is 0 Å². The van der Waals surface area contributed by atoms with Crippen LogP contribution < -0.4 is 0 Å². The predicted octanol–water partition coefficient (Wildman–Crippen LogP) is 12.5. The third-order valence-electron chi connectivity index (χ3n) is 10.2. The minimum Gasteiger partial charge on any atom is -0.0836 e. The van der Waals surface area contributed by atoms with Crippen molar-refractivity contribution in [1.29, 1.82) is 0 Å². The number of hydrogen-bond donors (Lipinski definition) is 0. The van der Waals surface area contributed by atoms with Gasteiger partial charge in [0, 0.05) is 5.92 Å². The van der Waals surface area contributed by atoms with Crippen molar-refractivity contribution in [3.05, 3.63) is 162 Å². The summed E-state index contributed by atoms with van der Waals surface area (Å²) in [6, 6.07) is 50.1. The molecule has 0 radical (unpaired) electrons. The molecule has 0 bridgehead atoms. The Hall–Kier alpha value is -5.20. The fourth-order valence-electron chi connectivity index (χ4n) is 8.27. The second-order valence-electron chi connectivity index (χ2n) is 12.6. The number of hydrogen-bond acceptors (Lipinski definition) is 0. The first-order valence-corrected chi connectivity index (χ1v) is 16.4. The van der Waals surface area contributed by atoms with E-state index in [-0.39, 0.29) is 0 Å². The van der Waals surface area contributed by atoms with Gasteiger partial charge < -0.3 is 0 Å². The zero-order chi connectivity index (χ0) is 29.9. The van der Waals surface area contributed by atoms with Crippen molar-refractivity contribution in [3.8, 4) is 44.5 Å². The smallest absolute Gasteiger partial charge is 0.0105 e. The van der Waals surface area contributed by atoms with Crippen LogP contribution in [0.1, 0.15) is 47.9 Å². The zero-order valence-corrected chi connectivity index (χ0v) is 25.6. The van der Waals surface area contributed by atoms with Gasteiger partial charge in [-0.25, -0.2) is 0 Å². The van der Waals surface area contributed by atoms with E-state index in [0.29, 0.717) is 5.92 Å². The van der Waals surface area contributed by atoms with Gasteiger partial charge in [-0.2, -0.15) is 0 Å². The Balaban J connectivity index is 1.39. The molecule has 45 heavy (non-hydrogen) atoms. The molecule has 0 heteroatoms. The van der Waals surface area contributed by atoms with E-state index in [1.807, 2.05) is 0 Å². The summed E-state index contributed by atoms with van der Waals surface area (Å²) in [5.41, 5.74) is 16.5. The summed E-state index contributed by atoms with van der Waals surface area (Å²) in [6.45, 7) is 2.35. The van der Waals surface area contributed by atoms with Crippen LogP contribution in [0.3, 0.4) is 0 Å². The molecule has 0 fully saturated rings. The first kappa shape index (κ1) is 26.2. The molecule has 1 unspecified atom stereocenters. The molecule has 0 N–H and O–H groups in total. The molecule has 0 saturated carbocycles. The molecule has 7 aromatic carbocycles. The second kappa shape index (κ2) is 10.5. The largest absolute Gasteiger partial charge is 0.0836 e. The van der Waals surface area contributed by atoms with Crippen LogP contribution in [0.25, 0.3) is 72.1 Å². The first-order valence-electron chi connectivity index (χ1n) is 16.4. The third-order valence-corrected chi connectivity index (χ3v) is 10.2. The van der Waals surface area contributed by atoms with Crippen molar-refractivity contribution in [2.45, 2.75) is 32.1 Å². The van der Waals surface area contributed by atoms with E-state index in [2.05, 4.69) is 153 Å². The van der Waals surface area contributed by atoms with Gasteiger partial charge in [-0.05, 0) is 108 Å². The molecule has 0 amide bonds. The van der Waals surface area contributed by atoms with Gasteiger partial charge in [0.1, 0.15) is 0 Å². The normalized spacial score (nSPS) is 14.8. The maximum atomic E-state index is 2.45. The minimum absolute atomic E-state index is 0.345. The van der Waals surface area contributed by atoms with Crippen LogP contribution in [-0.4, -0.2) is 0 Å². The Labute approximate surface area is 265 Å². The Morgan fingerprint density at radius 3 is 1.91 bits per heavy atom. The molecule has 2 aliphatic rings. The van der Waals surface area contributed by atoms with E-state index in [0.717, 1.165) is 19.3 Å². The van der Waals surface area contributed by atoms with E-state index < -0.39 is 0 Å². The number of rotatable bonds is 4. The fraction of sp³-hybridized carbons (Fsp3) is 0.111. The molecule has 214 valence electrons. The van der Waals surface area contributed by atoms with Gasteiger partial charge in [0.25, 0.3) is 0 Å². The van der Waals surface area contributed by atoms with Crippen molar-refractivity contribution in [1.82, 2.24) is 0 Å². The topological polar surface area (TPSA) is 0 Å². The molecule has 7 aromatic rings. The number of fused-ring (bicyclic) bond motifs is 6. The SMILES string of the molecule is CCC1c2ccccc2-c2c(-c3ccc4c(c3)CCC=C4)ccc(-c3c4ccccc4c(-c4ccccc4)c4ccccc34)c21. The summed E-state index contributed by atoms with van der Waals surface area (Å²) in [5.74, 6) is 0.345. The van der Waals surface area contributed by atoms with Crippen molar-refractivity contribution in [2.24, 2.45) is 0 Å². The van der Waals surface area contributed by atoms with Crippen molar-refractivity contribution < 1.29 is 0 Å². The lowest BCUT2D eigenvalue weighted by molar-refractivity contribution is 0.799. The quantitative estimate of drug-likeness (QED) is 0.183. The average Bonchev–Trinajstić information content (AvgIpc) is 3.45. The monoisotopic (exact) mass is 574 g/mol. The summed E-state index contributed by atoms with van der Waals surface area (Å²) >= 11 is 0. The van der Waals surface area contributed by atoms with E-state index in [4.69, 9.17) is 0 Å².